The van der Waals surface area contributed by atoms with Gasteiger partial charge >= 0.3 is 13.8 Å². The van der Waals surface area contributed by atoms with Crippen molar-refractivity contribution in [3.05, 3.63) is 48.8 Å². The first-order valence-corrected chi connectivity index (χ1v) is 22.8. The zero-order chi connectivity index (χ0) is 38.5. The van der Waals surface area contributed by atoms with Crippen LogP contribution in [0, 0.1) is 0 Å². The van der Waals surface area contributed by atoms with Crippen LogP contribution in [0.25, 0.3) is 0 Å². The Morgan fingerprint density at radius 3 is 1.91 bits per heavy atom. The highest BCUT2D eigenvalue weighted by Gasteiger charge is 2.36. The largest absolute Gasteiger partial charge is 0.492 e. The molecule has 1 rings (SSSR count). The van der Waals surface area contributed by atoms with Crippen LogP contribution in [0.5, 0.6) is 0 Å². The number of nitrogens with two attached hydrogens (primary N) is 1. The van der Waals surface area contributed by atoms with Gasteiger partial charge in [0, 0.05) is 13.0 Å². The third kappa shape index (κ3) is 33.3. The monoisotopic (exact) mass is 768 g/mol. The number of allylic oxidation sites excluding steroid dienone is 6. The van der Waals surface area contributed by atoms with Gasteiger partial charge < -0.3 is 24.8 Å². The Labute approximate surface area is 324 Å². The second-order valence-electron chi connectivity index (χ2n) is 14.3. The number of phosphoric ester groups is 1. The maximum atomic E-state index is 12.4. The second-order valence-corrected chi connectivity index (χ2v) is 15.8. The summed E-state index contributed by atoms with van der Waals surface area (Å²) in [6.45, 7) is 4.12. The lowest BCUT2D eigenvalue weighted by atomic mass is 10.0. The van der Waals surface area contributed by atoms with E-state index in [1.807, 2.05) is 6.08 Å². The maximum Gasteiger partial charge on any atom is 0.472 e. The summed E-state index contributed by atoms with van der Waals surface area (Å²) in [5, 5.41) is 0. The van der Waals surface area contributed by atoms with Crippen molar-refractivity contribution < 1.29 is 37.5 Å². The summed E-state index contributed by atoms with van der Waals surface area (Å²) in [6.07, 6.45) is 45.5. The quantitative estimate of drug-likeness (QED) is 0.0157. The number of phosphoric acid groups is 1. The molecule has 0 bridgehead atoms. The molecule has 0 radical (unpaired) electrons. The standard InChI is InChI=1S/C43H78NO8P/c1-3-5-7-8-9-10-11-12-13-14-15-18-21-24-27-31-36-48-40(39-51-53(46,47)50-37-35-44)38-49-43(45)34-30-26-23-20-17-16-19-22-25-29-33-42-41(52-42)32-28-6-4-2/h16,19-20,23,25,29,31,36,40-42H,3-15,17-18,21-22,24,26-28,30,32-35,37-39,44H2,1-2H3,(H,46,47)/b19-16-,23-20-,29-25-,36-31+/t40-,41?,42?/m1/s1. The van der Waals surface area contributed by atoms with Crippen molar-refractivity contribution in [2.45, 2.75) is 193 Å². The zero-order valence-electron chi connectivity index (χ0n) is 33.7. The molecule has 1 heterocycles. The summed E-state index contributed by atoms with van der Waals surface area (Å²) in [7, 11) is -4.28. The molecule has 308 valence electrons. The number of carbonyl (C=O) groups is 1. The van der Waals surface area contributed by atoms with E-state index in [1.54, 1.807) is 6.26 Å². The van der Waals surface area contributed by atoms with Crippen molar-refractivity contribution in [2.75, 3.05) is 26.4 Å². The summed E-state index contributed by atoms with van der Waals surface area (Å²) in [6, 6.07) is 0. The number of carbonyl (C=O) groups excluding carboxylic acids is 1. The van der Waals surface area contributed by atoms with Crippen LogP contribution >= 0.6 is 7.82 Å². The van der Waals surface area contributed by atoms with Crippen molar-refractivity contribution in [2.24, 2.45) is 5.73 Å². The van der Waals surface area contributed by atoms with Gasteiger partial charge in [0.05, 0.1) is 31.7 Å². The van der Waals surface area contributed by atoms with Crippen molar-refractivity contribution in [3.8, 4) is 0 Å². The number of epoxide rings is 1. The Kier molecular flexibility index (Phi) is 33.4. The third-order valence-corrected chi connectivity index (χ3v) is 10.2. The molecule has 3 N–H and O–H groups in total. The molecule has 0 aliphatic carbocycles. The number of hydrogen-bond acceptors (Lipinski definition) is 8. The highest BCUT2D eigenvalue weighted by Crippen LogP contribution is 2.43. The van der Waals surface area contributed by atoms with Gasteiger partial charge in [-0.3, -0.25) is 13.8 Å². The van der Waals surface area contributed by atoms with E-state index in [2.05, 4.69) is 50.3 Å². The van der Waals surface area contributed by atoms with Crippen LogP contribution in [0.1, 0.15) is 174 Å². The summed E-state index contributed by atoms with van der Waals surface area (Å²) in [5.41, 5.74) is 5.36. The number of esters is 1. The molecular weight excluding hydrogens is 689 g/mol. The van der Waals surface area contributed by atoms with Gasteiger partial charge in [-0.25, -0.2) is 4.57 Å². The van der Waals surface area contributed by atoms with Gasteiger partial charge in [0.1, 0.15) is 6.61 Å². The van der Waals surface area contributed by atoms with Crippen LogP contribution in [0.4, 0.5) is 0 Å². The third-order valence-electron chi connectivity index (χ3n) is 9.26. The molecule has 1 aliphatic heterocycles. The highest BCUT2D eigenvalue weighted by atomic mass is 31.2. The smallest absolute Gasteiger partial charge is 0.472 e. The van der Waals surface area contributed by atoms with Gasteiger partial charge in [-0.15, -0.1) is 0 Å². The summed E-state index contributed by atoms with van der Waals surface area (Å²) in [5.74, 6) is -0.347. The van der Waals surface area contributed by atoms with Crippen molar-refractivity contribution in [1.29, 1.82) is 0 Å². The van der Waals surface area contributed by atoms with E-state index in [0.717, 1.165) is 38.5 Å². The first-order valence-electron chi connectivity index (χ1n) is 21.3. The van der Waals surface area contributed by atoms with Crippen LogP contribution in [-0.4, -0.2) is 55.5 Å². The van der Waals surface area contributed by atoms with Gasteiger partial charge in [0.2, 0.25) is 0 Å². The highest BCUT2D eigenvalue weighted by molar-refractivity contribution is 7.47. The first-order chi connectivity index (χ1) is 25.9. The molecule has 0 saturated carbocycles. The second kappa shape index (κ2) is 35.9. The Balaban J connectivity index is 2.18. The fourth-order valence-corrected chi connectivity index (χ4v) is 6.71. The van der Waals surface area contributed by atoms with Gasteiger partial charge in [0.25, 0.3) is 0 Å². The molecule has 1 fully saturated rings. The molecule has 3 unspecified atom stereocenters. The molecule has 0 amide bonds. The minimum Gasteiger partial charge on any atom is -0.492 e. The van der Waals surface area contributed by atoms with E-state index in [1.165, 1.54) is 109 Å². The molecule has 10 heteroatoms. The zero-order valence-corrected chi connectivity index (χ0v) is 34.6. The van der Waals surface area contributed by atoms with Gasteiger partial charge in [-0.1, -0.05) is 153 Å². The molecule has 1 aliphatic rings. The molecule has 1 saturated heterocycles. The van der Waals surface area contributed by atoms with Gasteiger partial charge in [0.15, 0.2) is 6.10 Å². The predicted octanol–water partition coefficient (Wildman–Crippen LogP) is 11.7. The fraction of sp³-hybridized carbons (Fsp3) is 0.791. The molecule has 9 nitrogen and oxygen atoms in total. The molecule has 0 spiro atoms. The fourth-order valence-electron chi connectivity index (χ4n) is 5.95. The van der Waals surface area contributed by atoms with Crippen molar-refractivity contribution in [1.82, 2.24) is 0 Å². The molecule has 0 aromatic carbocycles. The molecule has 0 aromatic heterocycles. The Bertz CT molecular complexity index is 1020. The number of unbranched alkanes of at least 4 members (excludes halogenated alkanes) is 17. The maximum absolute atomic E-state index is 12.4. The lowest BCUT2D eigenvalue weighted by molar-refractivity contribution is -0.147. The van der Waals surface area contributed by atoms with Crippen LogP contribution in [-0.2, 0) is 32.6 Å². The van der Waals surface area contributed by atoms with Crippen LogP contribution in [0.3, 0.4) is 0 Å². The van der Waals surface area contributed by atoms with E-state index in [-0.39, 0.29) is 38.8 Å². The molecule has 53 heavy (non-hydrogen) atoms. The van der Waals surface area contributed by atoms with Gasteiger partial charge in [-0.2, -0.15) is 0 Å². The summed E-state index contributed by atoms with van der Waals surface area (Å²) < 4.78 is 38.9. The summed E-state index contributed by atoms with van der Waals surface area (Å²) >= 11 is 0. The van der Waals surface area contributed by atoms with E-state index in [4.69, 9.17) is 29.0 Å². The van der Waals surface area contributed by atoms with E-state index < -0.39 is 13.9 Å². The Morgan fingerprint density at radius 2 is 1.26 bits per heavy atom. The Hall–Kier alpha value is -1.74. The van der Waals surface area contributed by atoms with E-state index in [9.17, 15) is 14.3 Å². The molecule has 0 aromatic rings. The predicted molar refractivity (Wildman–Crippen MR) is 219 cm³/mol. The van der Waals surface area contributed by atoms with Crippen molar-refractivity contribution in [3.63, 3.8) is 0 Å². The average molecular weight is 768 g/mol. The number of ether oxygens (including phenoxy) is 3. The molecule has 4 atom stereocenters. The normalized spacial score (nSPS) is 17.7. The van der Waals surface area contributed by atoms with Crippen LogP contribution in [0.15, 0.2) is 48.8 Å². The number of hydrogen-bond donors (Lipinski definition) is 2. The van der Waals surface area contributed by atoms with E-state index in [0.29, 0.717) is 18.6 Å². The van der Waals surface area contributed by atoms with Crippen molar-refractivity contribution >= 4 is 13.8 Å². The summed E-state index contributed by atoms with van der Waals surface area (Å²) in [4.78, 5) is 22.3. The molecular formula is C43H78NO8P. The Morgan fingerprint density at radius 1 is 0.698 bits per heavy atom. The number of rotatable bonds is 39. The first kappa shape index (κ1) is 49.3. The lowest BCUT2D eigenvalue weighted by Crippen LogP contribution is -2.25. The van der Waals surface area contributed by atoms with Crippen LogP contribution < -0.4 is 5.73 Å². The van der Waals surface area contributed by atoms with Gasteiger partial charge in [-0.05, 0) is 57.4 Å². The van der Waals surface area contributed by atoms with Crippen LogP contribution in [0.2, 0.25) is 0 Å². The average Bonchev–Trinajstić information content (AvgIpc) is 3.91. The lowest BCUT2D eigenvalue weighted by Gasteiger charge is -2.19. The SMILES string of the molecule is CCCCCCCCCCCCCCCC/C=C/O[C@H](COC(=O)CCC/C=C\C/C=C\C/C=C\CC1OC1CCCCC)COP(=O)(O)OCCN. The van der Waals surface area contributed by atoms with E-state index >= 15 is 0 Å². The topological polar surface area (TPSA) is 130 Å². The minimum absolute atomic E-state index is 0.0907. The minimum atomic E-state index is -4.28.